The zero-order valence-electron chi connectivity index (χ0n) is 20.2. The van der Waals surface area contributed by atoms with Crippen LogP contribution in [0.15, 0.2) is 83.5 Å². The van der Waals surface area contributed by atoms with E-state index in [1.807, 2.05) is 24.5 Å². The van der Waals surface area contributed by atoms with Crippen LogP contribution < -0.4 is 5.46 Å². The topological polar surface area (TPSA) is 49.4 Å². The fraction of sp³-hybridized carbons (Fsp3) is 0.207. The van der Waals surface area contributed by atoms with Gasteiger partial charge in [-0.1, -0.05) is 30.3 Å². The molecule has 0 unspecified atom stereocenters. The van der Waals surface area contributed by atoms with E-state index in [1.165, 1.54) is 5.39 Å². The summed E-state index contributed by atoms with van der Waals surface area (Å²) in [4.78, 5) is 4.45. The summed E-state index contributed by atoms with van der Waals surface area (Å²) in [6.07, 6.45) is 3.78. The van der Waals surface area contributed by atoms with Gasteiger partial charge in [0, 0.05) is 39.5 Å². The van der Waals surface area contributed by atoms with Gasteiger partial charge >= 0.3 is 7.12 Å². The van der Waals surface area contributed by atoms with E-state index in [-0.39, 0.29) is 0 Å². The minimum atomic E-state index is -0.423. The van der Waals surface area contributed by atoms with Crippen molar-refractivity contribution >= 4 is 56.3 Å². The average Bonchev–Trinajstić information content (AvgIpc) is 3.44. The van der Waals surface area contributed by atoms with Crippen LogP contribution in [0.25, 0.3) is 49.4 Å². The number of aromatic nitrogens is 2. The van der Waals surface area contributed by atoms with Gasteiger partial charge in [0.15, 0.2) is 0 Å². The summed E-state index contributed by atoms with van der Waals surface area (Å²) in [5.41, 5.74) is 5.13. The Bertz CT molecular complexity index is 1760. The molecule has 0 radical (unpaired) electrons. The lowest BCUT2D eigenvalue weighted by atomic mass is 9.79. The van der Waals surface area contributed by atoms with E-state index < -0.39 is 18.3 Å². The summed E-state index contributed by atoms with van der Waals surface area (Å²) in [6, 6.07) is 23.0. The van der Waals surface area contributed by atoms with Crippen LogP contribution in [0, 0.1) is 0 Å². The Hall–Kier alpha value is -3.61. The molecule has 6 aromatic rings. The third kappa shape index (κ3) is 2.93. The van der Waals surface area contributed by atoms with Crippen molar-refractivity contribution in [3.05, 3.63) is 79.1 Å². The lowest BCUT2D eigenvalue weighted by molar-refractivity contribution is 0.00578. The molecule has 0 bridgehead atoms. The quantitative estimate of drug-likeness (QED) is 0.282. The highest BCUT2D eigenvalue weighted by molar-refractivity contribution is 6.62. The number of para-hydroxylation sites is 1. The normalized spacial score (nSPS) is 17.3. The molecule has 4 heterocycles. The third-order valence-corrected chi connectivity index (χ3v) is 7.72. The van der Waals surface area contributed by atoms with Crippen LogP contribution in [0.1, 0.15) is 27.7 Å². The minimum Gasteiger partial charge on any atom is -0.456 e. The highest BCUT2D eigenvalue weighted by Crippen LogP contribution is 2.39. The van der Waals surface area contributed by atoms with Gasteiger partial charge in [-0.25, -0.2) is 0 Å². The Labute approximate surface area is 203 Å². The van der Waals surface area contributed by atoms with Gasteiger partial charge in [0.05, 0.1) is 28.4 Å². The van der Waals surface area contributed by atoms with Crippen LogP contribution in [0.2, 0.25) is 0 Å². The van der Waals surface area contributed by atoms with E-state index in [2.05, 4.69) is 91.8 Å². The molecule has 0 spiro atoms. The second-order valence-corrected chi connectivity index (χ2v) is 10.4. The van der Waals surface area contributed by atoms with E-state index in [0.717, 1.165) is 49.5 Å². The Kier molecular flexibility index (Phi) is 4.13. The SMILES string of the molecule is CC1(C)OB(c2cccc(-n3c4cnccc4c4cc5c(cc43)oc3ccccc35)c2)OC1(C)C. The summed E-state index contributed by atoms with van der Waals surface area (Å²) >= 11 is 0. The van der Waals surface area contributed by atoms with Crippen molar-refractivity contribution in [2.45, 2.75) is 38.9 Å². The number of furan rings is 1. The van der Waals surface area contributed by atoms with Gasteiger partial charge in [0.2, 0.25) is 0 Å². The first-order valence-corrected chi connectivity index (χ1v) is 12.0. The molecule has 0 amide bonds. The first-order valence-electron chi connectivity index (χ1n) is 12.0. The summed E-state index contributed by atoms with van der Waals surface area (Å²) in [7, 11) is -0.423. The third-order valence-electron chi connectivity index (χ3n) is 7.72. The smallest absolute Gasteiger partial charge is 0.456 e. The Morgan fingerprint density at radius 2 is 1.51 bits per heavy atom. The van der Waals surface area contributed by atoms with Crippen molar-refractivity contribution in [1.82, 2.24) is 9.55 Å². The van der Waals surface area contributed by atoms with E-state index in [0.29, 0.717) is 0 Å². The second kappa shape index (κ2) is 6.97. The molecular weight excluding hydrogens is 435 g/mol. The number of fused-ring (bicyclic) bond motifs is 6. The van der Waals surface area contributed by atoms with Crippen molar-refractivity contribution < 1.29 is 13.7 Å². The van der Waals surface area contributed by atoms with Crippen molar-refractivity contribution in [2.24, 2.45) is 0 Å². The van der Waals surface area contributed by atoms with Gasteiger partial charge in [0.1, 0.15) is 11.2 Å². The second-order valence-electron chi connectivity index (χ2n) is 10.4. The van der Waals surface area contributed by atoms with Gasteiger partial charge in [-0.15, -0.1) is 0 Å². The van der Waals surface area contributed by atoms with E-state index >= 15 is 0 Å². The maximum absolute atomic E-state index is 6.33. The molecule has 1 aliphatic rings. The predicted molar refractivity (Wildman–Crippen MR) is 142 cm³/mol. The molecule has 1 fully saturated rings. The van der Waals surface area contributed by atoms with Crippen LogP contribution >= 0.6 is 0 Å². The van der Waals surface area contributed by atoms with Crippen molar-refractivity contribution in [3.8, 4) is 5.69 Å². The van der Waals surface area contributed by atoms with E-state index in [1.54, 1.807) is 0 Å². The van der Waals surface area contributed by atoms with Crippen molar-refractivity contribution in [2.75, 3.05) is 0 Å². The summed E-state index contributed by atoms with van der Waals surface area (Å²) in [5, 5.41) is 4.57. The monoisotopic (exact) mass is 460 g/mol. The fourth-order valence-corrected chi connectivity index (χ4v) is 5.15. The highest BCUT2D eigenvalue weighted by Gasteiger charge is 2.51. The zero-order valence-corrected chi connectivity index (χ0v) is 20.2. The first kappa shape index (κ1) is 20.7. The van der Waals surface area contributed by atoms with Crippen LogP contribution in [0.4, 0.5) is 0 Å². The van der Waals surface area contributed by atoms with Gasteiger partial charge < -0.3 is 18.3 Å². The lowest BCUT2D eigenvalue weighted by Crippen LogP contribution is -2.41. The van der Waals surface area contributed by atoms with Gasteiger partial charge in [-0.2, -0.15) is 0 Å². The summed E-state index contributed by atoms with van der Waals surface area (Å²) in [5.74, 6) is 0. The Balaban J connectivity index is 1.47. The van der Waals surface area contributed by atoms with E-state index in [4.69, 9.17) is 13.7 Å². The lowest BCUT2D eigenvalue weighted by Gasteiger charge is -2.32. The molecule has 1 aliphatic heterocycles. The van der Waals surface area contributed by atoms with Crippen LogP contribution in [0.3, 0.4) is 0 Å². The number of pyridine rings is 1. The van der Waals surface area contributed by atoms with Crippen LogP contribution in [-0.4, -0.2) is 27.9 Å². The molecule has 3 aromatic heterocycles. The molecule has 0 saturated carbocycles. The minimum absolute atomic E-state index is 0.392. The molecule has 7 rings (SSSR count). The molecule has 3 aromatic carbocycles. The molecule has 5 nitrogen and oxygen atoms in total. The maximum Gasteiger partial charge on any atom is 0.494 e. The molecular formula is C29H25BN2O3. The molecule has 35 heavy (non-hydrogen) atoms. The van der Waals surface area contributed by atoms with Crippen molar-refractivity contribution in [1.29, 1.82) is 0 Å². The number of hydrogen-bond donors (Lipinski definition) is 0. The van der Waals surface area contributed by atoms with Gasteiger partial charge in [-0.3, -0.25) is 4.98 Å². The Morgan fingerprint density at radius 1 is 0.714 bits per heavy atom. The molecule has 0 aliphatic carbocycles. The largest absolute Gasteiger partial charge is 0.494 e. The first-order chi connectivity index (χ1) is 16.8. The van der Waals surface area contributed by atoms with Crippen LogP contribution in [-0.2, 0) is 9.31 Å². The molecule has 172 valence electrons. The number of rotatable bonds is 2. The molecule has 0 N–H and O–H groups in total. The standard InChI is InChI=1S/C29H25BN2O3/c1-28(2)29(3,4)35-30(34-28)18-8-7-9-19(14-18)32-24-16-27-23(21-10-5-6-11-26(21)33-27)15-22(24)20-12-13-31-17-25(20)32/h5-17H,1-4H3. The van der Waals surface area contributed by atoms with Crippen LogP contribution in [0.5, 0.6) is 0 Å². The zero-order chi connectivity index (χ0) is 23.9. The predicted octanol–water partition coefficient (Wildman–Crippen LogP) is 6.38. The van der Waals surface area contributed by atoms with E-state index in [9.17, 15) is 0 Å². The van der Waals surface area contributed by atoms with Gasteiger partial charge in [-0.05, 0) is 63.5 Å². The molecule has 0 atom stereocenters. The van der Waals surface area contributed by atoms with Crippen molar-refractivity contribution in [3.63, 3.8) is 0 Å². The molecule has 6 heteroatoms. The fourth-order valence-electron chi connectivity index (χ4n) is 5.15. The highest BCUT2D eigenvalue weighted by atomic mass is 16.7. The summed E-state index contributed by atoms with van der Waals surface area (Å²) in [6.45, 7) is 8.31. The summed E-state index contributed by atoms with van der Waals surface area (Å²) < 4.78 is 21.1. The number of hydrogen-bond acceptors (Lipinski definition) is 4. The maximum atomic E-state index is 6.33. The number of nitrogens with zero attached hydrogens (tertiary/aromatic N) is 2. The molecule has 1 saturated heterocycles. The average molecular weight is 460 g/mol. The Morgan fingerprint density at radius 3 is 2.34 bits per heavy atom. The number of benzene rings is 3. The van der Waals surface area contributed by atoms with Gasteiger partial charge in [0.25, 0.3) is 0 Å².